The summed E-state index contributed by atoms with van der Waals surface area (Å²) in [6.07, 6.45) is 2.73. The lowest BCUT2D eigenvalue weighted by Crippen LogP contribution is -1.90. The average Bonchev–Trinajstić information content (AvgIpc) is 2.46. The molecule has 0 atom stereocenters. The summed E-state index contributed by atoms with van der Waals surface area (Å²) < 4.78 is 0. The van der Waals surface area contributed by atoms with Gasteiger partial charge >= 0.3 is 0 Å². The largest absolute Gasteiger partial charge is 0.0951 e. The van der Waals surface area contributed by atoms with Gasteiger partial charge in [0, 0.05) is 0 Å². The highest BCUT2D eigenvalue weighted by atomic mass is 31.1. The summed E-state index contributed by atoms with van der Waals surface area (Å²) in [5.41, 5.74) is 4.11. The second-order valence-electron chi connectivity index (χ2n) is 3.77. The van der Waals surface area contributed by atoms with Crippen molar-refractivity contribution in [3.8, 4) is 0 Å². The van der Waals surface area contributed by atoms with Crippen molar-refractivity contribution in [2.45, 2.75) is 31.8 Å². The van der Waals surface area contributed by atoms with Crippen LogP contribution in [0.15, 0.2) is 24.3 Å². The van der Waals surface area contributed by atoms with E-state index in [0.717, 1.165) is 5.66 Å². The molecule has 0 aromatic heterocycles. The van der Waals surface area contributed by atoms with E-state index in [4.69, 9.17) is 0 Å². The maximum absolute atomic E-state index is 2.36. The number of rotatable bonds is 1. The van der Waals surface area contributed by atoms with Gasteiger partial charge in [-0.2, -0.15) is 0 Å². The molecule has 1 aromatic rings. The Bertz CT molecular complexity index is 253. The number of benzene rings is 1. The highest BCUT2D eigenvalue weighted by Gasteiger charge is 2.22. The van der Waals surface area contributed by atoms with Crippen LogP contribution in [-0.2, 0) is 12.3 Å². The van der Waals surface area contributed by atoms with E-state index >= 15 is 0 Å². The molecule has 0 nitrogen and oxygen atoms in total. The van der Waals surface area contributed by atoms with Crippen LogP contribution in [0.25, 0.3) is 0 Å². The van der Waals surface area contributed by atoms with Crippen LogP contribution in [0.3, 0.4) is 0 Å². The minimum atomic E-state index is 0.269. The van der Waals surface area contributed by atoms with E-state index in [2.05, 4.69) is 38.1 Å². The normalized spacial score (nSPS) is 16.9. The maximum atomic E-state index is 2.36. The zero-order valence-electron chi connectivity index (χ0n) is 7.75. The van der Waals surface area contributed by atoms with Gasteiger partial charge in [0.2, 0.25) is 0 Å². The molecule has 1 heterocycles. The quantitative estimate of drug-likeness (QED) is 0.576. The van der Waals surface area contributed by atoms with Crippen molar-refractivity contribution in [1.82, 2.24) is 0 Å². The highest BCUT2D eigenvalue weighted by Crippen LogP contribution is 2.53. The molecule has 0 spiro atoms. The van der Waals surface area contributed by atoms with E-state index in [0.29, 0.717) is 0 Å². The van der Waals surface area contributed by atoms with E-state index in [1.165, 1.54) is 12.3 Å². The van der Waals surface area contributed by atoms with E-state index in [1.54, 1.807) is 11.1 Å². The second-order valence-corrected chi connectivity index (χ2v) is 6.61. The Morgan fingerprint density at radius 1 is 1.08 bits per heavy atom. The highest BCUT2D eigenvalue weighted by molar-refractivity contribution is 7.57. The van der Waals surface area contributed by atoms with Crippen LogP contribution < -0.4 is 0 Å². The van der Waals surface area contributed by atoms with Crippen LogP contribution in [-0.4, -0.2) is 5.66 Å². The lowest BCUT2D eigenvalue weighted by molar-refractivity contribution is 1.08. The van der Waals surface area contributed by atoms with Crippen molar-refractivity contribution in [3.63, 3.8) is 0 Å². The van der Waals surface area contributed by atoms with Crippen LogP contribution in [0, 0.1) is 0 Å². The fourth-order valence-electron chi connectivity index (χ4n) is 1.72. The van der Waals surface area contributed by atoms with Crippen LogP contribution in [0.4, 0.5) is 0 Å². The Labute approximate surface area is 75.7 Å². The summed E-state index contributed by atoms with van der Waals surface area (Å²) in [7, 11) is 0.269. The Balaban J connectivity index is 2.22. The molecule has 0 bridgehead atoms. The third kappa shape index (κ3) is 1.41. The Hall–Kier alpha value is -0.350. The Morgan fingerprint density at radius 2 is 1.58 bits per heavy atom. The summed E-state index contributed by atoms with van der Waals surface area (Å²) in [6.45, 7) is 4.72. The number of fused-ring (bicyclic) bond motifs is 1. The number of hydrogen-bond acceptors (Lipinski definition) is 0. The standard InChI is InChI=1S/C11H15P/c1-9(2)12-7-10-5-3-4-6-11(10)8-12/h3-6,9H,7-8H2,1-2H3. The molecule has 1 aliphatic heterocycles. The van der Waals surface area contributed by atoms with Crippen LogP contribution in [0.1, 0.15) is 25.0 Å². The van der Waals surface area contributed by atoms with Gasteiger partial charge in [-0.25, -0.2) is 0 Å². The molecule has 0 saturated carbocycles. The molecule has 0 unspecified atom stereocenters. The van der Waals surface area contributed by atoms with Gasteiger partial charge in [0.15, 0.2) is 0 Å². The molecule has 1 aliphatic rings. The molecule has 2 rings (SSSR count). The average molecular weight is 178 g/mol. The van der Waals surface area contributed by atoms with E-state index in [1.807, 2.05) is 0 Å². The number of hydrogen-bond donors (Lipinski definition) is 0. The maximum Gasteiger partial charge on any atom is -0.00649 e. The van der Waals surface area contributed by atoms with Crippen LogP contribution in [0.2, 0.25) is 0 Å². The molecule has 0 radical (unpaired) electrons. The first-order valence-corrected chi connectivity index (χ1v) is 6.36. The van der Waals surface area contributed by atoms with E-state index in [-0.39, 0.29) is 7.92 Å². The Kier molecular flexibility index (Phi) is 2.19. The summed E-state index contributed by atoms with van der Waals surface area (Å²) in [6, 6.07) is 8.91. The third-order valence-corrected chi connectivity index (χ3v) is 5.55. The van der Waals surface area contributed by atoms with Gasteiger partial charge in [-0.15, -0.1) is 0 Å². The van der Waals surface area contributed by atoms with Gasteiger partial charge in [0.25, 0.3) is 0 Å². The molecule has 12 heavy (non-hydrogen) atoms. The summed E-state index contributed by atoms with van der Waals surface area (Å²) in [4.78, 5) is 0. The first-order valence-electron chi connectivity index (χ1n) is 4.58. The van der Waals surface area contributed by atoms with Crippen LogP contribution >= 0.6 is 7.92 Å². The lowest BCUT2D eigenvalue weighted by Gasteiger charge is -2.13. The van der Waals surface area contributed by atoms with E-state index < -0.39 is 0 Å². The first-order chi connectivity index (χ1) is 5.77. The molecule has 1 heteroatoms. The van der Waals surface area contributed by atoms with Gasteiger partial charge in [0.1, 0.15) is 0 Å². The zero-order valence-corrected chi connectivity index (χ0v) is 8.64. The minimum Gasteiger partial charge on any atom is -0.0951 e. The van der Waals surface area contributed by atoms with Gasteiger partial charge in [-0.3, -0.25) is 0 Å². The molecule has 0 amide bonds. The first kappa shape index (κ1) is 8.26. The van der Waals surface area contributed by atoms with Crippen molar-refractivity contribution in [2.24, 2.45) is 0 Å². The minimum absolute atomic E-state index is 0.269. The molecule has 0 saturated heterocycles. The molecule has 0 fully saturated rings. The second kappa shape index (κ2) is 3.18. The molecular formula is C11H15P. The van der Waals surface area contributed by atoms with E-state index in [9.17, 15) is 0 Å². The smallest absolute Gasteiger partial charge is 0.00649 e. The molecule has 0 N–H and O–H groups in total. The third-order valence-electron chi connectivity index (χ3n) is 2.60. The predicted octanol–water partition coefficient (Wildman–Crippen LogP) is 3.59. The SMILES string of the molecule is CC(C)P1Cc2ccccc2C1. The van der Waals surface area contributed by atoms with Crippen molar-refractivity contribution in [1.29, 1.82) is 0 Å². The Morgan fingerprint density at radius 3 is 2.00 bits per heavy atom. The van der Waals surface area contributed by atoms with Gasteiger partial charge in [-0.1, -0.05) is 46.0 Å². The molecule has 1 aromatic carbocycles. The summed E-state index contributed by atoms with van der Waals surface area (Å²) in [5, 5.41) is 0. The van der Waals surface area contributed by atoms with Gasteiger partial charge in [-0.05, 0) is 29.1 Å². The monoisotopic (exact) mass is 178 g/mol. The zero-order chi connectivity index (χ0) is 8.55. The van der Waals surface area contributed by atoms with Gasteiger partial charge in [0.05, 0.1) is 0 Å². The topological polar surface area (TPSA) is 0 Å². The van der Waals surface area contributed by atoms with Crippen molar-refractivity contribution >= 4 is 7.92 Å². The molecule has 64 valence electrons. The predicted molar refractivity (Wildman–Crippen MR) is 55.9 cm³/mol. The van der Waals surface area contributed by atoms with Crippen molar-refractivity contribution in [3.05, 3.63) is 35.4 Å². The van der Waals surface area contributed by atoms with Gasteiger partial charge < -0.3 is 0 Å². The fraction of sp³-hybridized carbons (Fsp3) is 0.455. The molecule has 0 aliphatic carbocycles. The molecular weight excluding hydrogens is 163 g/mol. The summed E-state index contributed by atoms with van der Waals surface area (Å²) >= 11 is 0. The lowest BCUT2D eigenvalue weighted by atomic mass is 10.1. The summed E-state index contributed by atoms with van der Waals surface area (Å²) in [5.74, 6) is 0. The van der Waals surface area contributed by atoms with Crippen LogP contribution in [0.5, 0.6) is 0 Å². The van der Waals surface area contributed by atoms with Crippen molar-refractivity contribution in [2.75, 3.05) is 0 Å². The fourth-order valence-corrected chi connectivity index (χ4v) is 4.06. The van der Waals surface area contributed by atoms with Crippen molar-refractivity contribution < 1.29 is 0 Å².